The summed E-state index contributed by atoms with van der Waals surface area (Å²) in [5.74, 6) is 0.520. The highest BCUT2D eigenvalue weighted by Crippen LogP contribution is 2.26. The predicted molar refractivity (Wildman–Crippen MR) is 78.5 cm³/mol. The van der Waals surface area contributed by atoms with E-state index in [0.717, 1.165) is 22.4 Å². The lowest BCUT2D eigenvalue weighted by Gasteiger charge is -2.08. The van der Waals surface area contributed by atoms with Crippen LogP contribution in [0.25, 0.3) is 16.9 Å². The first-order valence-electron chi connectivity index (χ1n) is 6.36. The van der Waals surface area contributed by atoms with Crippen LogP contribution in [0.15, 0.2) is 42.7 Å². The molecule has 0 saturated heterocycles. The fourth-order valence-corrected chi connectivity index (χ4v) is 2.12. The normalized spacial score (nSPS) is 10.7. The summed E-state index contributed by atoms with van der Waals surface area (Å²) in [6.07, 6.45) is 3.45. The standard InChI is InChI=1S/C15H15N5/c1-10-5-6-11(2)13(8-10)20-15(16)14(18-19-20)12-4-3-7-17-9-12/h3-9H,16H2,1-2H3. The SMILES string of the molecule is Cc1ccc(C)c(-n2nnc(-c3cccnc3)c2N)c1. The second-order valence-corrected chi connectivity index (χ2v) is 4.77. The summed E-state index contributed by atoms with van der Waals surface area (Å²) < 4.78 is 1.67. The molecule has 20 heavy (non-hydrogen) atoms. The van der Waals surface area contributed by atoms with E-state index in [1.54, 1.807) is 17.1 Å². The second-order valence-electron chi connectivity index (χ2n) is 4.77. The summed E-state index contributed by atoms with van der Waals surface area (Å²) in [7, 11) is 0. The molecule has 0 bridgehead atoms. The third-order valence-corrected chi connectivity index (χ3v) is 3.23. The number of nitrogens with zero attached hydrogens (tertiary/aromatic N) is 4. The van der Waals surface area contributed by atoms with Crippen LogP contribution in [0.2, 0.25) is 0 Å². The molecular formula is C15H15N5. The van der Waals surface area contributed by atoms with Gasteiger partial charge in [0.15, 0.2) is 5.82 Å². The zero-order chi connectivity index (χ0) is 14.1. The quantitative estimate of drug-likeness (QED) is 0.773. The minimum atomic E-state index is 0.520. The Kier molecular flexibility index (Phi) is 2.95. The van der Waals surface area contributed by atoms with Gasteiger partial charge in [0.25, 0.3) is 0 Å². The second kappa shape index (κ2) is 4.77. The van der Waals surface area contributed by atoms with Crippen molar-refractivity contribution in [3.8, 4) is 16.9 Å². The fourth-order valence-electron chi connectivity index (χ4n) is 2.12. The Labute approximate surface area is 117 Å². The van der Waals surface area contributed by atoms with E-state index in [2.05, 4.69) is 27.4 Å². The van der Waals surface area contributed by atoms with Crippen molar-refractivity contribution in [1.29, 1.82) is 0 Å². The molecular weight excluding hydrogens is 250 g/mol. The van der Waals surface area contributed by atoms with Crippen molar-refractivity contribution in [1.82, 2.24) is 20.0 Å². The van der Waals surface area contributed by atoms with E-state index in [1.807, 2.05) is 32.0 Å². The molecule has 0 fully saturated rings. The topological polar surface area (TPSA) is 69.6 Å². The van der Waals surface area contributed by atoms with E-state index in [4.69, 9.17) is 5.73 Å². The lowest BCUT2D eigenvalue weighted by molar-refractivity contribution is 0.805. The van der Waals surface area contributed by atoms with Crippen molar-refractivity contribution in [3.05, 3.63) is 53.9 Å². The molecule has 2 N–H and O–H groups in total. The number of hydrogen-bond acceptors (Lipinski definition) is 4. The van der Waals surface area contributed by atoms with Crippen molar-refractivity contribution in [3.63, 3.8) is 0 Å². The molecule has 3 rings (SSSR count). The number of aryl methyl sites for hydroxylation is 2. The van der Waals surface area contributed by atoms with E-state index in [0.29, 0.717) is 11.5 Å². The van der Waals surface area contributed by atoms with Crippen molar-refractivity contribution < 1.29 is 0 Å². The van der Waals surface area contributed by atoms with Gasteiger partial charge in [-0.25, -0.2) is 0 Å². The van der Waals surface area contributed by atoms with Crippen molar-refractivity contribution >= 4 is 5.82 Å². The van der Waals surface area contributed by atoms with Crippen LogP contribution >= 0.6 is 0 Å². The first-order chi connectivity index (χ1) is 9.66. The molecule has 5 heteroatoms. The minimum absolute atomic E-state index is 0.520. The van der Waals surface area contributed by atoms with Crippen LogP contribution in [0.4, 0.5) is 5.82 Å². The van der Waals surface area contributed by atoms with Crippen LogP contribution in [0.3, 0.4) is 0 Å². The number of anilines is 1. The van der Waals surface area contributed by atoms with Gasteiger partial charge in [0.1, 0.15) is 5.69 Å². The molecule has 0 atom stereocenters. The molecule has 0 spiro atoms. The molecule has 1 aromatic carbocycles. The van der Waals surface area contributed by atoms with Gasteiger partial charge in [-0.15, -0.1) is 5.10 Å². The number of rotatable bonds is 2. The Hall–Kier alpha value is -2.69. The van der Waals surface area contributed by atoms with Gasteiger partial charge in [-0.2, -0.15) is 4.68 Å². The molecule has 3 aromatic rings. The maximum absolute atomic E-state index is 6.20. The summed E-state index contributed by atoms with van der Waals surface area (Å²) in [4.78, 5) is 4.08. The molecule has 0 radical (unpaired) electrons. The van der Waals surface area contributed by atoms with E-state index >= 15 is 0 Å². The molecule has 0 aliphatic rings. The molecule has 0 saturated carbocycles. The summed E-state index contributed by atoms with van der Waals surface area (Å²) in [6, 6.07) is 9.93. The first-order valence-corrected chi connectivity index (χ1v) is 6.36. The first kappa shape index (κ1) is 12.3. The van der Waals surface area contributed by atoms with Gasteiger partial charge in [-0.05, 0) is 43.2 Å². The molecule has 2 heterocycles. The van der Waals surface area contributed by atoms with Crippen LogP contribution in [-0.2, 0) is 0 Å². The van der Waals surface area contributed by atoms with Gasteiger partial charge in [0, 0.05) is 18.0 Å². The highest BCUT2D eigenvalue weighted by Gasteiger charge is 2.14. The summed E-state index contributed by atoms with van der Waals surface area (Å²) in [5, 5.41) is 8.36. The Morgan fingerprint density at radius 1 is 1.15 bits per heavy atom. The number of pyridine rings is 1. The van der Waals surface area contributed by atoms with E-state index < -0.39 is 0 Å². The summed E-state index contributed by atoms with van der Waals surface area (Å²) in [5.41, 5.74) is 10.9. The average Bonchev–Trinajstić information content (AvgIpc) is 2.84. The zero-order valence-corrected chi connectivity index (χ0v) is 11.4. The zero-order valence-electron chi connectivity index (χ0n) is 11.4. The maximum atomic E-state index is 6.20. The third kappa shape index (κ3) is 2.03. The van der Waals surface area contributed by atoms with Crippen molar-refractivity contribution in [2.75, 3.05) is 5.73 Å². The Morgan fingerprint density at radius 2 is 2.00 bits per heavy atom. The largest absolute Gasteiger partial charge is 0.382 e. The van der Waals surface area contributed by atoms with Crippen LogP contribution < -0.4 is 5.73 Å². The van der Waals surface area contributed by atoms with Gasteiger partial charge in [0.05, 0.1) is 5.69 Å². The highest BCUT2D eigenvalue weighted by atomic mass is 15.5. The van der Waals surface area contributed by atoms with Crippen LogP contribution in [0.1, 0.15) is 11.1 Å². The Balaban J connectivity index is 2.14. The fraction of sp³-hybridized carbons (Fsp3) is 0.133. The van der Waals surface area contributed by atoms with Gasteiger partial charge in [-0.1, -0.05) is 17.3 Å². The molecule has 2 aromatic heterocycles. The number of benzene rings is 1. The minimum Gasteiger partial charge on any atom is -0.382 e. The van der Waals surface area contributed by atoms with Crippen molar-refractivity contribution in [2.24, 2.45) is 0 Å². The lowest BCUT2D eigenvalue weighted by Crippen LogP contribution is -2.04. The van der Waals surface area contributed by atoms with E-state index in [9.17, 15) is 0 Å². The molecule has 0 aliphatic carbocycles. The van der Waals surface area contributed by atoms with E-state index in [-0.39, 0.29) is 0 Å². The number of hydrogen-bond donors (Lipinski definition) is 1. The molecule has 0 aliphatic heterocycles. The smallest absolute Gasteiger partial charge is 0.155 e. The van der Waals surface area contributed by atoms with Gasteiger partial charge < -0.3 is 5.73 Å². The van der Waals surface area contributed by atoms with Gasteiger partial charge in [0.2, 0.25) is 0 Å². The molecule has 100 valence electrons. The van der Waals surface area contributed by atoms with Gasteiger partial charge >= 0.3 is 0 Å². The number of nitrogens with two attached hydrogens (primary N) is 1. The highest BCUT2D eigenvalue weighted by molar-refractivity contribution is 5.70. The average molecular weight is 265 g/mol. The number of aromatic nitrogens is 4. The number of nitrogen functional groups attached to an aromatic ring is 1. The Morgan fingerprint density at radius 3 is 2.75 bits per heavy atom. The maximum Gasteiger partial charge on any atom is 0.155 e. The molecule has 0 amide bonds. The Bertz CT molecular complexity index is 746. The molecule has 0 unspecified atom stereocenters. The van der Waals surface area contributed by atoms with Crippen LogP contribution in [0.5, 0.6) is 0 Å². The van der Waals surface area contributed by atoms with Crippen molar-refractivity contribution in [2.45, 2.75) is 13.8 Å². The van der Waals surface area contributed by atoms with Crippen LogP contribution in [0, 0.1) is 13.8 Å². The monoisotopic (exact) mass is 265 g/mol. The molecule has 5 nitrogen and oxygen atoms in total. The van der Waals surface area contributed by atoms with E-state index in [1.165, 1.54) is 0 Å². The predicted octanol–water partition coefficient (Wildman–Crippen LogP) is 2.53. The third-order valence-electron chi connectivity index (χ3n) is 3.23. The lowest BCUT2D eigenvalue weighted by atomic mass is 10.1. The summed E-state index contributed by atoms with van der Waals surface area (Å²) in [6.45, 7) is 4.07. The van der Waals surface area contributed by atoms with Crippen LogP contribution in [-0.4, -0.2) is 20.0 Å². The summed E-state index contributed by atoms with van der Waals surface area (Å²) >= 11 is 0. The van der Waals surface area contributed by atoms with Gasteiger partial charge in [-0.3, -0.25) is 4.98 Å².